The Balaban J connectivity index is 1.99. The number of hydrogen-bond donors (Lipinski definition) is 1. The Morgan fingerprint density at radius 3 is 2.92 bits per heavy atom. The fourth-order valence-electron chi connectivity index (χ4n) is 3.83. The molecule has 0 radical (unpaired) electrons. The third-order valence-electron chi connectivity index (χ3n) is 5.01. The molecule has 126 valence electrons. The Morgan fingerprint density at radius 1 is 1.42 bits per heavy atom. The molecule has 0 aliphatic carbocycles. The number of rotatable bonds is 2. The molecule has 0 aromatic carbocycles. The van der Waals surface area contributed by atoms with Gasteiger partial charge < -0.3 is 19.4 Å². The average Bonchev–Trinajstić information content (AvgIpc) is 3.03. The first-order chi connectivity index (χ1) is 11.7. The molecular weight excluding hydrogens is 306 g/mol. The Hall–Kier alpha value is -2.34. The molecule has 0 unspecified atom stereocenters. The summed E-state index contributed by atoms with van der Waals surface area (Å²) in [6, 6.07) is 3.95. The molecule has 4 rings (SSSR count). The lowest BCUT2D eigenvalue weighted by Crippen LogP contribution is -2.41. The van der Waals surface area contributed by atoms with Crippen molar-refractivity contribution in [2.24, 2.45) is 0 Å². The summed E-state index contributed by atoms with van der Waals surface area (Å²) in [5.74, 6) is 0.701. The lowest BCUT2D eigenvalue weighted by molar-refractivity contribution is -0.0516. The SMILES string of the molecule is CCn1c(C(=O)NC)cc2c1-c1ccncc1OC21CCOCC1. The van der Waals surface area contributed by atoms with Crippen molar-refractivity contribution in [1.82, 2.24) is 14.9 Å². The van der Waals surface area contributed by atoms with Crippen molar-refractivity contribution in [3.05, 3.63) is 35.8 Å². The Bertz CT molecular complexity index is 791. The molecule has 24 heavy (non-hydrogen) atoms. The summed E-state index contributed by atoms with van der Waals surface area (Å²) in [5, 5.41) is 2.74. The molecule has 1 saturated heterocycles. The second-order valence-electron chi connectivity index (χ2n) is 6.20. The molecule has 0 saturated carbocycles. The molecule has 2 aliphatic heterocycles. The van der Waals surface area contributed by atoms with Crippen LogP contribution >= 0.6 is 0 Å². The fraction of sp³-hybridized carbons (Fsp3) is 0.444. The molecule has 2 aromatic heterocycles. The van der Waals surface area contributed by atoms with Gasteiger partial charge in [-0.15, -0.1) is 0 Å². The highest BCUT2D eigenvalue weighted by Gasteiger charge is 2.45. The fourth-order valence-corrected chi connectivity index (χ4v) is 3.83. The zero-order valence-corrected chi connectivity index (χ0v) is 14.0. The van der Waals surface area contributed by atoms with Crippen molar-refractivity contribution in [3.8, 4) is 17.0 Å². The van der Waals surface area contributed by atoms with Crippen LogP contribution in [0.25, 0.3) is 11.3 Å². The normalized spacial score (nSPS) is 17.8. The molecule has 4 heterocycles. The number of hydrogen-bond acceptors (Lipinski definition) is 4. The predicted octanol–water partition coefficient (Wildman–Crippen LogP) is 2.33. The van der Waals surface area contributed by atoms with Gasteiger partial charge in [0.1, 0.15) is 17.0 Å². The van der Waals surface area contributed by atoms with Crippen LogP contribution in [0.4, 0.5) is 0 Å². The van der Waals surface area contributed by atoms with Crippen LogP contribution in [0.15, 0.2) is 24.5 Å². The standard InChI is InChI=1S/C18H21N3O3/c1-3-21-14(17(22)19-2)10-13-16(21)12-4-7-20-11-15(12)24-18(13)5-8-23-9-6-18/h4,7,10-11H,3,5-6,8-9H2,1-2H3,(H,19,22). The van der Waals surface area contributed by atoms with Gasteiger partial charge in [-0.3, -0.25) is 9.78 Å². The number of carbonyl (C=O) groups excluding carboxylic acids is 1. The summed E-state index contributed by atoms with van der Waals surface area (Å²) in [7, 11) is 1.66. The molecule has 2 aliphatic rings. The highest BCUT2D eigenvalue weighted by atomic mass is 16.5. The van der Waals surface area contributed by atoms with Gasteiger partial charge in [0.2, 0.25) is 0 Å². The van der Waals surface area contributed by atoms with E-state index in [9.17, 15) is 4.79 Å². The maximum Gasteiger partial charge on any atom is 0.267 e. The van der Waals surface area contributed by atoms with Crippen LogP contribution in [0, 0.1) is 0 Å². The maximum absolute atomic E-state index is 12.4. The van der Waals surface area contributed by atoms with E-state index in [2.05, 4.69) is 21.8 Å². The van der Waals surface area contributed by atoms with Gasteiger partial charge in [-0.25, -0.2) is 0 Å². The van der Waals surface area contributed by atoms with Crippen molar-refractivity contribution >= 4 is 5.91 Å². The van der Waals surface area contributed by atoms with Crippen LogP contribution in [-0.4, -0.2) is 35.7 Å². The molecule has 1 spiro atoms. The second-order valence-corrected chi connectivity index (χ2v) is 6.20. The molecule has 6 nitrogen and oxygen atoms in total. The Morgan fingerprint density at radius 2 is 2.21 bits per heavy atom. The summed E-state index contributed by atoms with van der Waals surface area (Å²) in [4.78, 5) is 16.6. The van der Waals surface area contributed by atoms with E-state index in [-0.39, 0.29) is 5.91 Å². The second kappa shape index (κ2) is 5.63. The van der Waals surface area contributed by atoms with Gasteiger partial charge in [0.05, 0.1) is 25.1 Å². The molecule has 0 atom stereocenters. The molecule has 1 fully saturated rings. The van der Waals surface area contributed by atoms with E-state index in [1.807, 2.05) is 12.1 Å². The highest BCUT2D eigenvalue weighted by molar-refractivity contribution is 5.95. The minimum Gasteiger partial charge on any atom is -0.480 e. The van der Waals surface area contributed by atoms with E-state index in [0.717, 1.165) is 35.4 Å². The zero-order chi connectivity index (χ0) is 16.7. The van der Waals surface area contributed by atoms with Crippen molar-refractivity contribution in [2.45, 2.75) is 31.9 Å². The number of aromatic nitrogens is 2. The molecule has 2 aromatic rings. The maximum atomic E-state index is 12.4. The lowest BCUT2D eigenvalue weighted by atomic mass is 9.82. The largest absolute Gasteiger partial charge is 0.480 e. The van der Waals surface area contributed by atoms with Crippen molar-refractivity contribution in [1.29, 1.82) is 0 Å². The van der Waals surface area contributed by atoms with Gasteiger partial charge in [-0.2, -0.15) is 0 Å². The average molecular weight is 327 g/mol. The summed E-state index contributed by atoms with van der Waals surface area (Å²) in [6.45, 7) is 4.08. The number of nitrogens with one attached hydrogen (secondary N) is 1. The van der Waals surface area contributed by atoms with Gasteiger partial charge in [0.15, 0.2) is 0 Å². The topological polar surface area (TPSA) is 65.4 Å². The van der Waals surface area contributed by atoms with Crippen LogP contribution in [0.3, 0.4) is 0 Å². The van der Waals surface area contributed by atoms with E-state index in [1.54, 1.807) is 19.4 Å². The molecule has 1 amide bonds. The molecule has 6 heteroatoms. The number of ether oxygens (including phenoxy) is 2. The van der Waals surface area contributed by atoms with E-state index in [0.29, 0.717) is 25.5 Å². The number of carbonyl (C=O) groups is 1. The molecule has 1 N–H and O–H groups in total. The smallest absolute Gasteiger partial charge is 0.267 e. The minimum absolute atomic E-state index is 0.0796. The van der Waals surface area contributed by atoms with Gasteiger partial charge in [0.25, 0.3) is 5.91 Å². The van der Waals surface area contributed by atoms with Crippen molar-refractivity contribution in [3.63, 3.8) is 0 Å². The van der Waals surface area contributed by atoms with Crippen LogP contribution in [-0.2, 0) is 16.9 Å². The Kier molecular flexibility index (Phi) is 3.57. The summed E-state index contributed by atoms with van der Waals surface area (Å²) in [6.07, 6.45) is 5.08. The van der Waals surface area contributed by atoms with Gasteiger partial charge in [-0.05, 0) is 19.1 Å². The highest BCUT2D eigenvalue weighted by Crippen LogP contribution is 2.50. The zero-order valence-electron chi connectivity index (χ0n) is 14.0. The van der Waals surface area contributed by atoms with Crippen LogP contribution < -0.4 is 10.1 Å². The Labute approximate surface area is 140 Å². The summed E-state index contributed by atoms with van der Waals surface area (Å²) >= 11 is 0. The number of fused-ring (bicyclic) bond motifs is 4. The number of nitrogens with zero attached hydrogens (tertiary/aromatic N) is 2. The van der Waals surface area contributed by atoms with Crippen LogP contribution in [0.5, 0.6) is 5.75 Å². The van der Waals surface area contributed by atoms with E-state index < -0.39 is 5.60 Å². The third-order valence-corrected chi connectivity index (χ3v) is 5.01. The van der Waals surface area contributed by atoms with Gasteiger partial charge in [-0.1, -0.05) is 0 Å². The molecule has 0 bridgehead atoms. The van der Waals surface area contributed by atoms with Crippen molar-refractivity contribution < 1.29 is 14.3 Å². The van der Waals surface area contributed by atoms with Crippen LogP contribution in [0.2, 0.25) is 0 Å². The minimum atomic E-state index is -0.438. The van der Waals surface area contributed by atoms with E-state index in [1.165, 1.54) is 0 Å². The lowest BCUT2D eigenvalue weighted by Gasteiger charge is -2.41. The van der Waals surface area contributed by atoms with Crippen molar-refractivity contribution in [2.75, 3.05) is 20.3 Å². The first-order valence-corrected chi connectivity index (χ1v) is 8.37. The van der Waals surface area contributed by atoms with Gasteiger partial charge >= 0.3 is 0 Å². The van der Waals surface area contributed by atoms with Crippen LogP contribution in [0.1, 0.15) is 35.8 Å². The number of pyridine rings is 1. The monoisotopic (exact) mass is 327 g/mol. The first-order valence-electron chi connectivity index (χ1n) is 8.37. The summed E-state index contributed by atoms with van der Waals surface area (Å²) in [5.41, 5.74) is 3.39. The predicted molar refractivity (Wildman–Crippen MR) is 89.1 cm³/mol. The third kappa shape index (κ3) is 2.06. The van der Waals surface area contributed by atoms with E-state index >= 15 is 0 Å². The summed E-state index contributed by atoms with van der Waals surface area (Å²) < 4.78 is 14.1. The first kappa shape index (κ1) is 15.2. The van der Waals surface area contributed by atoms with E-state index in [4.69, 9.17) is 9.47 Å². The quantitative estimate of drug-likeness (QED) is 0.919. The number of amides is 1. The van der Waals surface area contributed by atoms with Gasteiger partial charge in [0, 0.05) is 43.8 Å². The molecular formula is C18H21N3O3.